The van der Waals surface area contributed by atoms with Gasteiger partial charge in [0.2, 0.25) is 5.91 Å². The van der Waals surface area contributed by atoms with Crippen LogP contribution in [0.1, 0.15) is 18.4 Å². The van der Waals surface area contributed by atoms with Crippen LogP contribution < -0.4 is 10.6 Å². The van der Waals surface area contributed by atoms with Crippen molar-refractivity contribution in [2.24, 2.45) is 5.73 Å². The van der Waals surface area contributed by atoms with Gasteiger partial charge in [0.1, 0.15) is 0 Å². The van der Waals surface area contributed by atoms with Gasteiger partial charge in [0.25, 0.3) is 0 Å². The van der Waals surface area contributed by atoms with Crippen LogP contribution in [-0.2, 0) is 4.79 Å². The lowest BCUT2D eigenvalue weighted by Gasteiger charge is -2.31. The van der Waals surface area contributed by atoms with E-state index in [1.54, 1.807) is 4.90 Å². The van der Waals surface area contributed by atoms with E-state index in [0.717, 1.165) is 30.6 Å². The first-order chi connectivity index (χ1) is 7.59. The summed E-state index contributed by atoms with van der Waals surface area (Å²) < 4.78 is 0. The molecule has 0 bridgehead atoms. The third-order valence-corrected chi connectivity index (χ3v) is 3.18. The molecule has 16 heavy (non-hydrogen) atoms. The van der Waals surface area contributed by atoms with Gasteiger partial charge in [-0.25, -0.2) is 0 Å². The van der Waals surface area contributed by atoms with E-state index in [9.17, 15) is 4.79 Å². The Morgan fingerprint density at radius 3 is 3.00 bits per heavy atom. The summed E-state index contributed by atoms with van der Waals surface area (Å²) in [5.74, 6) is -0.00313. The molecule has 0 radical (unpaired) electrons. The summed E-state index contributed by atoms with van der Waals surface area (Å²) >= 11 is 5.95. The summed E-state index contributed by atoms with van der Waals surface area (Å²) in [4.78, 5) is 13.7. The predicted molar refractivity (Wildman–Crippen MR) is 65.8 cm³/mol. The van der Waals surface area contributed by atoms with Crippen molar-refractivity contribution in [3.05, 3.63) is 28.8 Å². The number of aryl methyl sites for hydroxylation is 1. The highest BCUT2D eigenvalue weighted by atomic mass is 35.5. The second-order valence-corrected chi connectivity index (χ2v) is 4.61. The van der Waals surface area contributed by atoms with Crippen LogP contribution in [0.4, 0.5) is 5.69 Å². The molecule has 1 aromatic carbocycles. The molecule has 0 aliphatic carbocycles. The van der Waals surface area contributed by atoms with Gasteiger partial charge in [-0.05, 0) is 37.5 Å². The average molecular weight is 239 g/mol. The zero-order valence-corrected chi connectivity index (χ0v) is 10.00. The number of carbonyl (C=O) groups excluding carboxylic acids is 1. The molecule has 1 amide bonds. The molecule has 86 valence electrons. The lowest BCUT2D eigenvalue weighted by Crippen LogP contribution is -2.48. The summed E-state index contributed by atoms with van der Waals surface area (Å²) in [6, 6.07) is 5.21. The van der Waals surface area contributed by atoms with E-state index in [4.69, 9.17) is 17.3 Å². The molecule has 2 N–H and O–H groups in total. The lowest BCUT2D eigenvalue weighted by molar-refractivity contribution is -0.120. The fourth-order valence-corrected chi connectivity index (χ4v) is 2.18. The summed E-state index contributed by atoms with van der Waals surface area (Å²) in [5, 5.41) is 0.646. The van der Waals surface area contributed by atoms with Crippen LogP contribution in [0.25, 0.3) is 0 Å². The number of nitrogens with zero attached hydrogens (tertiary/aromatic N) is 1. The van der Waals surface area contributed by atoms with E-state index in [1.807, 2.05) is 25.1 Å². The maximum atomic E-state index is 11.9. The van der Waals surface area contributed by atoms with Crippen molar-refractivity contribution in [2.75, 3.05) is 11.4 Å². The van der Waals surface area contributed by atoms with Crippen LogP contribution in [0.15, 0.2) is 18.2 Å². The molecule has 1 aliphatic heterocycles. The van der Waals surface area contributed by atoms with Gasteiger partial charge < -0.3 is 10.6 Å². The molecule has 1 unspecified atom stereocenters. The first-order valence-corrected chi connectivity index (χ1v) is 5.80. The molecular weight excluding hydrogens is 224 g/mol. The number of benzene rings is 1. The molecule has 1 saturated heterocycles. The summed E-state index contributed by atoms with van der Waals surface area (Å²) in [6.45, 7) is 2.70. The summed E-state index contributed by atoms with van der Waals surface area (Å²) in [7, 11) is 0. The van der Waals surface area contributed by atoms with E-state index in [2.05, 4.69) is 0 Å². The van der Waals surface area contributed by atoms with Gasteiger partial charge in [-0.2, -0.15) is 0 Å². The number of halogens is 1. The SMILES string of the molecule is Cc1ccc(Cl)cc1N1CCCC(N)C1=O. The van der Waals surface area contributed by atoms with E-state index in [1.165, 1.54) is 0 Å². The Bertz CT molecular complexity index is 419. The predicted octanol–water partition coefficient (Wildman–Crippen LogP) is 2.10. The third-order valence-electron chi connectivity index (χ3n) is 2.94. The van der Waals surface area contributed by atoms with Crippen molar-refractivity contribution in [1.29, 1.82) is 0 Å². The molecule has 1 atom stereocenters. The maximum absolute atomic E-state index is 11.9. The van der Waals surface area contributed by atoms with Crippen LogP contribution in [0.3, 0.4) is 0 Å². The highest BCUT2D eigenvalue weighted by Crippen LogP contribution is 2.27. The van der Waals surface area contributed by atoms with Gasteiger partial charge in [0, 0.05) is 17.3 Å². The average Bonchev–Trinajstić information content (AvgIpc) is 2.26. The number of nitrogens with two attached hydrogens (primary N) is 1. The number of amides is 1. The van der Waals surface area contributed by atoms with Crippen LogP contribution in [-0.4, -0.2) is 18.5 Å². The zero-order chi connectivity index (χ0) is 11.7. The number of hydrogen-bond donors (Lipinski definition) is 1. The Morgan fingerprint density at radius 1 is 1.50 bits per heavy atom. The van der Waals surface area contributed by atoms with Gasteiger partial charge in [-0.1, -0.05) is 17.7 Å². The number of hydrogen-bond acceptors (Lipinski definition) is 2. The number of carbonyl (C=O) groups is 1. The van der Waals surface area contributed by atoms with E-state index >= 15 is 0 Å². The van der Waals surface area contributed by atoms with Crippen LogP contribution in [0, 0.1) is 6.92 Å². The van der Waals surface area contributed by atoms with Crippen LogP contribution in [0.2, 0.25) is 5.02 Å². The first kappa shape index (κ1) is 11.4. The smallest absolute Gasteiger partial charge is 0.243 e. The van der Waals surface area contributed by atoms with Crippen molar-refractivity contribution in [2.45, 2.75) is 25.8 Å². The number of anilines is 1. The lowest BCUT2D eigenvalue weighted by atomic mass is 10.0. The highest BCUT2D eigenvalue weighted by molar-refractivity contribution is 6.31. The molecule has 1 aromatic rings. The van der Waals surface area contributed by atoms with Crippen molar-refractivity contribution < 1.29 is 4.79 Å². The van der Waals surface area contributed by atoms with E-state index in [0.29, 0.717) is 5.02 Å². The Hall–Kier alpha value is -1.06. The van der Waals surface area contributed by atoms with Gasteiger partial charge in [-0.3, -0.25) is 4.79 Å². The molecular formula is C12H15ClN2O. The van der Waals surface area contributed by atoms with Crippen molar-refractivity contribution in [3.63, 3.8) is 0 Å². The molecule has 1 aliphatic rings. The summed E-state index contributed by atoms with van der Waals surface area (Å²) in [6.07, 6.45) is 1.72. The third kappa shape index (κ3) is 2.06. The fraction of sp³-hybridized carbons (Fsp3) is 0.417. The standard InChI is InChI=1S/C12H15ClN2O/c1-8-4-5-9(13)7-11(8)15-6-2-3-10(14)12(15)16/h4-5,7,10H,2-3,6,14H2,1H3. The first-order valence-electron chi connectivity index (χ1n) is 5.42. The maximum Gasteiger partial charge on any atom is 0.243 e. The molecule has 4 heteroatoms. The van der Waals surface area contributed by atoms with Crippen molar-refractivity contribution in [1.82, 2.24) is 0 Å². The fourth-order valence-electron chi connectivity index (χ4n) is 2.02. The normalized spacial score (nSPS) is 21.3. The van der Waals surface area contributed by atoms with Crippen molar-refractivity contribution in [3.8, 4) is 0 Å². The van der Waals surface area contributed by atoms with Crippen molar-refractivity contribution >= 4 is 23.2 Å². The minimum atomic E-state index is -0.368. The largest absolute Gasteiger partial charge is 0.320 e. The Balaban J connectivity index is 2.35. The van der Waals surface area contributed by atoms with E-state index in [-0.39, 0.29) is 11.9 Å². The van der Waals surface area contributed by atoms with Crippen LogP contribution in [0.5, 0.6) is 0 Å². The Kier molecular flexibility index (Phi) is 3.17. The van der Waals surface area contributed by atoms with Gasteiger partial charge in [0.05, 0.1) is 6.04 Å². The number of rotatable bonds is 1. The molecule has 0 spiro atoms. The van der Waals surface area contributed by atoms with Gasteiger partial charge >= 0.3 is 0 Å². The molecule has 1 fully saturated rings. The molecule has 0 aromatic heterocycles. The molecule has 3 nitrogen and oxygen atoms in total. The van der Waals surface area contributed by atoms with Gasteiger partial charge in [-0.15, -0.1) is 0 Å². The highest BCUT2D eigenvalue weighted by Gasteiger charge is 2.27. The topological polar surface area (TPSA) is 46.3 Å². The monoisotopic (exact) mass is 238 g/mol. The summed E-state index contributed by atoms with van der Waals surface area (Å²) in [5.41, 5.74) is 7.70. The molecule has 1 heterocycles. The number of piperidine rings is 1. The zero-order valence-electron chi connectivity index (χ0n) is 9.24. The Morgan fingerprint density at radius 2 is 2.25 bits per heavy atom. The second-order valence-electron chi connectivity index (χ2n) is 4.17. The molecule has 0 saturated carbocycles. The quantitative estimate of drug-likeness (QED) is 0.815. The Labute approximate surface area is 100 Å². The van der Waals surface area contributed by atoms with Gasteiger partial charge in [0.15, 0.2) is 0 Å². The van der Waals surface area contributed by atoms with Crippen LogP contribution >= 0.6 is 11.6 Å². The minimum Gasteiger partial charge on any atom is -0.320 e. The minimum absolute atomic E-state index is 0.00313. The second kappa shape index (κ2) is 4.44. The van der Waals surface area contributed by atoms with E-state index < -0.39 is 0 Å². The molecule has 2 rings (SSSR count).